The van der Waals surface area contributed by atoms with Gasteiger partial charge < -0.3 is 9.84 Å². The lowest BCUT2D eigenvalue weighted by atomic mass is 9.92. The summed E-state index contributed by atoms with van der Waals surface area (Å²) in [5.74, 6) is 0. The van der Waals surface area contributed by atoms with Crippen LogP contribution < -0.4 is 0 Å². The predicted molar refractivity (Wildman–Crippen MR) is 57.5 cm³/mol. The minimum Gasteiger partial charge on any atom is -0.396 e. The molecular formula is C12H15F3O2. The summed E-state index contributed by atoms with van der Waals surface area (Å²) in [6, 6.07) is 4.79. The molecule has 0 aliphatic heterocycles. The Morgan fingerprint density at radius 1 is 1.12 bits per heavy atom. The van der Waals surface area contributed by atoms with Crippen LogP contribution in [0.15, 0.2) is 24.3 Å². The van der Waals surface area contributed by atoms with Crippen LogP contribution in [0.2, 0.25) is 0 Å². The first kappa shape index (κ1) is 14.0. The molecule has 0 bridgehead atoms. The maximum absolute atomic E-state index is 12.4. The molecule has 2 nitrogen and oxygen atoms in total. The van der Waals surface area contributed by atoms with Gasteiger partial charge in [0.25, 0.3) is 0 Å². The molecule has 17 heavy (non-hydrogen) atoms. The first-order chi connectivity index (χ1) is 7.83. The van der Waals surface area contributed by atoms with Gasteiger partial charge in [-0.2, -0.15) is 13.2 Å². The van der Waals surface area contributed by atoms with Gasteiger partial charge in [-0.3, -0.25) is 0 Å². The van der Waals surface area contributed by atoms with E-state index in [2.05, 4.69) is 0 Å². The third-order valence-electron chi connectivity index (χ3n) is 2.86. The van der Waals surface area contributed by atoms with Crippen LogP contribution in [-0.4, -0.2) is 18.8 Å². The molecule has 0 aliphatic rings. The Balaban J connectivity index is 3.01. The first-order valence-corrected chi connectivity index (χ1v) is 5.17. The van der Waals surface area contributed by atoms with E-state index in [0.717, 1.165) is 12.1 Å². The van der Waals surface area contributed by atoms with Crippen molar-refractivity contribution in [3.8, 4) is 0 Å². The third kappa shape index (κ3) is 3.20. The van der Waals surface area contributed by atoms with Crippen molar-refractivity contribution in [3.63, 3.8) is 0 Å². The molecule has 1 rings (SSSR count). The lowest BCUT2D eigenvalue weighted by Gasteiger charge is -2.28. The van der Waals surface area contributed by atoms with E-state index in [4.69, 9.17) is 9.84 Å². The second-order valence-electron chi connectivity index (χ2n) is 3.98. The minimum absolute atomic E-state index is 0.0919. The number of aliphatic hydroxyl groups is 1. The molecule has 0 radical (unpaired) electrons. The molecule has 0 fully saturated rings. The van der Waals surface area contributed by atoms with Crippen LogP contribution in [0.4, 0.5) is 13.2 Å². The summed E-state index contributed by atoms with van der Waals surface area (Å²) in [6.07, 6.45) is -4.01. The van der Waals surface area contributed by atoms with Gasteiger partial charge in [-0.1, -0.05) is 12.1 Å². The summed E-state index contributed by atoms with van der Waals surface area (Å²) in [5.41, 5.74) is -0.843. The topological polar surface area (TPSA) is 29.5 Å². The van der Waals surface area contributed by atoms with Crippen LogP contribution in [-0.2, 0) is 16.5 Å². The molecule has 0 saturated heterocycles. The zero-order valence-corrected chi connectivity index (χ0v) is 9.71. The van der Waals surface area contributed by atoms with Crippen molar-refractivity contribution in [2.24, 2.45) is 0 Å². The van der Waals surface area contributed by atoms with E-state index in [-0.39, 0.29) is 6.61 Å². The van der Waals surface area contributed by atoms with Crippen LogP contribution >= 0.6 is 0 Å². The quantitative estimate of drug-likeness (QED) is 0.887. The fourth-order valence-electron chi connectivity index (χ4n) is 1.59. The number of ether oxygens (including phenoxy) is 1. The number of rotatable bonds is 4. The van der Waals surface area contributed by atoms with Gasteiger partial charge in [0.1, 0.15) is 0 Å². The molecule has 0 amide bonds. The van der Waals surface area contributed by atoms with Crippen molar-refractivity contribution in [2.45, 2.75) is 25.1 Å². The number of benzene rings is 1. The van der Waals surface area contributed by atoms with E-state index in [1.165, 1.54) is 19.2 Å². The van der Waals surface area contributed by atoms with Crippen molar-refractivity contribution in [2.75, 3.05) is 13.7 Å². The van der Waals surface area contributed by atoms with Crippen LogP contribution in [0, 0.1) is 0 Å². The molecule has 0 saturated carbocycles. The van der Waals surface area contributed by atoms with Crippen LogP contribution in [0.1, 0.15) is 24.5 Å². The summed E-state index contributed by atoms with van der Waals surface area (Å²) in [4.78, 5) is 0. The Kier molecular flexibility index (Phi) is 4.16. The average Bonchev–Trinajstić information content (AvgIpc) is 2.28. The highest BCUT2D eigenvalue weighted by Gasteiger charge is 2.31. The van der Waals surface area contributed by atoms with Crippen molar-refractivity contribution in [1.82, 2.24) is 0 Å². The number of hydrogen-bond acceptors (Lipinski definition) is 2. The van der Waals surface area contributed by atoms with Crippen molar-refractivity contribution < 1.29 is 23.0 Å². The highest BCUT2D eigenvalue weighted by molar-refractivity contribution is 5.28. The SMILES string of the molecule is COC(C)(CCO)c1ccc(C(F)(F)F)cc1. The number of halogens is 3. The molecule has 0 spiro atoms. The first-order valence-electron chi connectivity index (χ1n) is 5.17. The van der Waals surface area contributed by atoms with Crippen LogP contribution in [0.5, 0.6) is 0 Å². The van der Waals surface area contributed by atoms with Crippen molar-refractivity contribution >= 4 is 0 Å². The van der Waals surface area contributed by atoms with Crippen molar-refractivity contribution in [3.05, 3.63) is 35.4 Å². The molecule has 0 aromatic heterocycles. The number of methoxy groups -OCH3 is 1. The normalized spacial score (nSPS) is 15.6. The van der Waals surface area contributed by atoms with Gasteiger partial charge in [0.05, 0.1) is 11.2 Å². The standard InChI is InChI=1S/C12H15F3O2/c1-11(17-2,7-8-16)9-3-5-10(6-4-9)12(13,14)15/h3-6,16H,7-8H2,1-2H3. The highest BCUT2D eigenvalue weighted by atomic mass is 19.4. The van der Waals surface area contributed by atoms with Gasteiger partial charge in [-0.25, -0.2) is 0 Å². The zero-order chi connectivity index (χ0) is 13.1. The number of alkyl halides is 3. The predicted octanol–water partition coefficient (Wildman–Crippen LogP) is 2.95. The van der Waals surface area contributed by atoms with Gasteiger partial charge in [0.2, 0.25) is 0 Å². The van der Waals surface area contributed by atoms with E-state index in [0.29, 0.717) is 12.0 Å². The fourth-order valence-corrected chi connectivity index (χ4v) is 1.59. The molecule has 1 atom stereocenters. The summed E-state index contributed by atoms with van der Waals surface area (Å²) >= 11 is 0. The summed E-state index contributed by atoms with van der Waals surface area (Å²) in [6.45, 7) is 1.64. The lowest BCUT2D eigenvalue weighted by Crippen LogP contribution is -2.25. The molecule has 1 unspecified atom stereocenters. The van der Waals surface area contributed by atoms with E-state index in [9.17, 15) is 13.2 Å². The summed E-state index contributed by atoms with van der Waals surface area (Å²) in [7, 11) is 1.47. The summed E-state index contributed by atoms with van der Waals surface area (Å²) < 4.78 is 42.4. The molecule has 1 aromatic rings. The van der Waals surface area contributed by atoms with Gasteiger partial charge in [0, 0.05) is 20.1 Å². The van der Waals surface area contributed by atoms with E-state index < -0.39 is 17.3 Å². The molecule has 5 heteroatoms. The van der Waals surface area contributed by atoms with Gasteiger partial charge in [-0.05, 0) is 24.6 Å². The molecule has 0 aliphatic carbocycles. The molecule has 96 valence electrons. The molecule has 1 aromatic carbocycles. The maximum atomic E-state index is 12.4. The van der Waals surface area contributed by atoms with E-state index in [1.807, 2.05) is 0 Å². The van der Waals surface area contributed by atoms with Crippen LogP contribution in [0.25, 0.3) is 0 Å². The highest BCUT2D eigenvalue weighted by Crippen LogP contribution is 2.33. The Morgan fingerprint density at radius 3 is 1.94 bits per heavy atom. The maximum Gasteiger partial charge on any atom is 0.416 e. The lowest BCUT2D eigenvalue weighted by molar-refractivity contribution is -0.137. The smallest absolute Gasteiger partial charge is 0.396 e. The molecule has 1 N–H and O–H groups in total. The van der Waals surface area contributed by atoms with Gasteiger partial charge in [-0.15, -0.1) is 0 Å². The third-order valence-corrected chi connectivity index (χ3v) is 2.86. The number of hydrogen-bond donors (Lipinski definition) is 1. The molecular weight excluding hydrogens is 233 g/mol. The van der Waals surface area contributed by atoms with Gasteiger partial charge >= 0.3 is 6.18 Å². The Hall–Kier alpha value is -1.07. The average molecular weight is 248 g/mol. The van der Waals surface area contributed by atoms with Crippen LogP contribution in [0.3, 0.4) is 0 Å². The second kappa shape index (κ2) is 5.06. The van der Waals surface area contributed by atoms with E-state index in [1.54, 1.807) is 6.92 Å². The molecule has 0 heterocycles. The van der Waals surface area contributed by atoms with Crippen molar-refractivity contribution in [1.29, 1.82) is 0 Å². The fraction of sp³-hybridized carbons (Fsp3) is 0.500. The number of aliphatic hydroxyl groups excluding tert-OH is 1. The largest absolute Gasteiger partial charge is 0.416 e. The Morgan fingerprint density at radius 2 is 1.59 bits per heavy atom. The van der Waals surface area contributed by atoms with E-state index >= 15 is 0 Å². The Bertz CT molecular complexity index is 359. The minimum atomic E-state index is -4.33. The second-order valence-corrected chi connectivity index (χ2v) is 3.98. The zero-order valence-electron chi connectivity index (χ0n) is 9.71. The Labute approximate surface area is 98.0 Å². The monoisotopic (exact) mass is 248 g/mol. The summed E-state index contributed by atoms with van der Waals surface area (Å²) in [5, 5.41) is 8.92. The van der Waals surface area contributed by atoms with Gasteiger partial charge in [0.15, 0.2) is 0 Å².